The zero-order valence-corrected chi connectivity index (χ0v) is 9.54. The molecule has 0 fully saturated rings. The van der Waals surface area contributed by atoms with Gasteiger partial charge in [-0.05, 0) is 17.7 Å². The minimum atomic E-state index is 0.533. The van der Waals surface area contributed by atoms with Crippen molar-refractivity contribution in [2.75, 3.05) is 0 Å². The van der Waals surface area contributed by atoms with Gasteiger partial charge in [-0.25, -0.2) is 0 Å². The van der Waals surface area contributed by atoms with E-state index >= 15 is 0 Å². The zero-order valence-electron chi connectivity index (χ0n) is 9.54. The standard InChI is InChI=1S/C14H14N2O/c1-2-5-12(6-3-1)11-17-15-13-8-10-16-9-4-7-14(13)16/h1-7,9H,8,10-11H2/b15-13+. The molecule has 0 bridgehead atoms. The maximum atomic E-state index is 5.40. The molecule has 0 saturated carbocycles. The van der Waals surface area contributed by atoms with Gasteiger partial charge in [0.05, 0.1) is 5.69 Å². The largest absolute Gasteiger partial charge is 0.391 e. The molecule has 1 aromatic heterocycles. The second-order valence-corrected chi connectivity index (χ2v) is 4.13. The van der Waals surface area contributed by atoms with Crippen LogP contribution in [0.2, 0.25) is 0 Å². The lowest BCUT2D eigenvalue weighted by molar-refractivity contribution is 0.130. The van der Waals surface area contributed by atoms with Crippen LogP contribution in [-0.2, 0) is 18.0 Å². The van der Waals surface area contributed by atoms with E-state index in [0.29, 0.717) is 6.61 Å². The van der Waals surface area contributed by atoms with E-state index in [4.69, 9.17) is 4.84 Å². The molecule has 17 heavy (non-hydrogen) atoms. The molecule has 0 radical (unpaired) electrons. The molecule has 0 amide bonds. The molecule has 0 unspecified atom stereocenters. The third-order valence-corrected chi connectivity index (χ3v) is 2.96. The Morgan fingerprint density at radius 1 is 1.12 bits per heavy atom. The average Bonchev–Trinajstić information content (AvgIpc) is 2.95. The van der Waals surface area contributed by atoms with Crippen LogP contribution in [0.15, 0.2) is 53.8 Å². The normalized spacial score (nSPS) is 16.1. The van der Waals surface area contributed by atoms with Crippen LogP contribution in [0.5, 0.6) is 0 Å². The van der Waals surface area contributed by atoms with Crippen molar-refractivity contribution in [2.45, 2.75) is 19.6 Å². The van der Waals surface area contributed by atoms with Gasteiger partial charge in [-0.2, -0.15) is 0 Å². The minimum Gasteiger partial charge on any atom is -0.391 e. The SMILES string of the molecule is c1ccc(CO/N=C2\CCn3cccc32)cc1. The molecule has 0 saturated heterocycles. The highest BCUT2D eigenvalue weighted by Gasteiger charge is 2.16. The van der Waals surface area contributed by atoms with Crippen LogP contribution < -0.4 is 0 Å². The predicted molar refractivity (Wildman–Crippen MR) is 66.8 cm³/mol. The number of benzene rings is 1. The van der Waals surface area contributed by atoms with Gasteiger partial charge in [-0.3, -0.25) is 0 Å². The fourth-order valence-corrected chi connectivity index (χ4v) is 2.08. The Kier molecular flexibility index (Phi) is 2.66. The van der Waals surface area contributed by atoms with Crippen molar-refractivity contribution >= 4 is 5.71 Å². The monoisotopic (exact) mass is 226 g/mol. The molecular weight excluding hydrogens is 212 g/mol. The molecule has 1 aliphatic rings. The van der Waals surface area contributed by atoms with Gasteiger partial charge >= 0.3 is 0 Å². The highest BCUT2D eigenvalue weighted by Crippen LogP contribution is 2.16. The van der Waals surface area contributed by atoms with E-state index in [2.05, 4.69) is 22.0 Å². The molecule has 3 nitrogen and oxygen atoms in total. The summed E-state index contributed by atoms with van der Waals surface area (Å²) in [7, 11) is 0. The van der Waals surface area contributed by atoms with Crippen molar-refractivity contribution in [3.63, 3.8) is 0 Å². The second-order valence-electron chi connectivity index (χ2n) is 4.13. The number of oxime groups is 1. The van der Waals surface area contributed by atoms with Crippen molar-refractivity contribution in [2.24, 2.45) is 5.16 Å². The molecular formula is C14H14N2O. The van der Waals surface area contributed by atoms with Crippen molar-refractivity contribution in [3.8, 4) is 0 Å². The summed E-state index contributed by atoms with van der Waals surface area (Å²) in [5, 5.41) is 4.23. The lowest BCUT2D eigenvalue weighted by atomic mass is 10.2. The van der Waals surface area contributed by atoms with Crippen LogP contribution in [0, 0.1) is 0 Å². The highest BCUT2D eigenvalue weighted by molar-refractivity contribution is 6.00. The van der Waals surface area contributed by atoms with E-state index in [1.165, 1.54) is 5.69 Å². The van der Waals surface area contributed by atoms with E-state index < -0.39 is 0 Å². The van der Waals surface area contributed by atoms with E-state index in [1.807, 2.05) is 36.4 Å². The first kappa shape index (κ1) is 10.1. The van der Waals surface area contributed by atoms with Crippen molar-refractivity contribution in [3.05, 3.63) is 59.9 Å². The molecule has 86 valence electrons. The van der Waals surface area contributed by atoms with Crippen molar-refractivity contribution in [1.82, 2.24) is 4.57 Å². The lowest BCUT2D eigenvalue weighted by Gasteiger charge is -2.00. The Labute approximate surface area is 100 Å². The van der Waals surface area contributed by atoms with E-state index in [0.717, 1.165) is 24.2 Å². The first-order chi connectivity index (χ1) is 8.43. The van der Waals surface area contributed by atoms with Crippen LogP contribution in [-0.4, -0.2) is 10.3 Å². The summed E-state index contributed by atoms with van der Waals surface area (Å²) in [6.45, 7) is 1.54. The van der Waals surface area contributed by atoms with Gasteiger partial charge in [0.1, 0.15) is 12.3 Å². The summed E-state index contributed by atoms with van der Waals surface area (Å²) in [5.74, 6) is 0. The minimum absolute atomic E-state index is 0.533. The Bertz CT molecular complexity index is 528. The fraction of sp³-hybridized carbons (Fsp3) is 0.214. The van der Waals surface area contributed by atoms with E-state index in [-0.39, 0.29) is 0 Å². The van der Waals surface area contributed by atoms with Crippen molar-refractivity contribution in [1.29, 1.82) is 0 Å². The molecule has 2 aromatic rings. The summed E-state index contributed by atoms with van der Waals surface area (Å²) in [6, 6.07) is 14.2. The van der Waals surface area contributed by atoms with Gasteiger partial charge in [-0.15, -0.1) is 0 Å². The summed E-state index contributed by atoms with van der Waals surface area (Å²) in [6.07, 6.45) is 3.04. The van der Waals surface area contributed by atoms with Gasteiger partial charge < -0.3 is 9.40 Å². The number of aryl methyl sites for hydroxylation is 1. The zero-order chi connectivity index (χ0) is 11.5. The predicted octanol–water partition coefficient (Wildman–Crippen LogP) is 2.81. The van der Waals surface area contributed by atoms with E-state index in [1.54, 1.807) is 0 Å². The number of aromatic nitrogens is 1. The molecule has 0 N–H and O–H groups in total. The van der Waals surface area contributed by atoms with Gasteiger partial charge in [-0.1, -0.05) is 35.5 Å². The first-order valence-corrected chi connectivity index (χ1v) is 5.82. The Morgan fingerprint density at radius 3 is 2.88 bits per heavy atom. The third-order valence-electron chi connectivity index (χ3n) is 2.96. The molecule has 1 aromatic carbocycles. The Hall–Kier alpha value is -2.03. The molecule has 3 heteroatoms. The second kappa shape index (κ2) is 4.45. The molecule has 0 atom stereocenters. The molecule has 2 heterocycles. The van der Waals surface area contributed by atoms with Crippen LogP contribution in [0.1, 0.15) is 17.7 Å². The number of nitrogens with zero attached hydrogens (tertiary/aromatic N) is 2. The molecule has 0 spiro atoms. The van der Waals surface area contributed by atoms with Gasteiger partial charge in [0.15, 0.2) is 0 Å². The number of rotatable bonds is 3. The van der Waals surface area contributed by atoms with Crippen LogP contribution in [0.4, 0.5) is 0 Å². The van der Waals surface area contributed by atoms with Gasteiger partial charge in [0.25, 0.3) is 0 Å². The Balaban J connectivity index is 1.65. The van der Waals surface area contributed by atoms with Crippen molar-refractivity contribution < 1.29 is 4.84 Å². The number of hydrogen-bond donors (Lipinski definition) is 0. The number of fused-ring (bicyclic) bond motifs is 1. The number of hydrogen-bond acceptors (Lipinski definition) is 2. The van der Waals surface area contributed by atoms with Crippen LogP contribution in [0.25, 0.3) is 0 Å². The summed E-state index contributed by atoms with van der Waals surface area (Å²) < 4.78 is 2.20. The quantitative estimate of drug-likeness (QED) is 0.739. The molecule has 3 rings (SSSR count). The molecule has 0 aliphatic carbocycles. The van der Waals surface area contributed by atoms with Crippen LogP contribution >= 0.6 is 0 Å². The summed E-state index contributed by atoms with van der Waals surface area (Å²) >= 11 is 0. The fourth-order valence-electron chi connectivity index (χ4n) is 2.08. The average molecular weight is 226 g/mol. The maximum Gasteiger partial charge on any atom is 0.142 e. The third kappa shape index (κ3) is 2.09. The maximum absolute atomic E-state index is 5.40. The van der Waals surface area contributed by atoms with Crippen LogP contribution in [0.3, 0.4) is 0 Å². The Morgan fingerprint density at radius 2 is 2.00 bits per heavy atom. The smallest absolute Gasteiger partial charge is 0.142 e. The first-order valence-electron chi connectivity index (χ1n) is 5.82. The van der Waals surface area contributed by atoms with E-state index in [9.17, 15) is 0 Å². The summed E-state index contributed by atoms with van der Waals surface area (Å²) in [4.78, 5) is 5.40. The highest BCUT2D eigenvalue weighted by atomic mass is 16.6. The summed E-state index contributed by atoms with van der Waals surface area (Å²) in [5.41, 5.74) is 3.37. The topological polar surface area (TPSA) is 26.5 Å². The molecule has 1 aliphatic heterocycles. The van der Waals surface area contributed by atoms with Gasteiger partial charge in [0, 0.05) is 19.2 Å². The lowest BCUT2D eigenvalue weighted by Crippen LogP contribution is -1.96. The van der Waals surface area contributed by atoms with Gasteiger partial charge in [0.2, 0.25) is 0 Å².